The first-order valence-electron chi connectivity index (χ1n) is 5.46. The maximum atomic E-state index is 6.12. The van der Waals surface area contributed by atoms with Crippen molar-refractivity contribution in [2.45, 2.75) is 18.9 Å². The van der Waals surface area contributed by atoms with Crippen molar-refractivity contribution in [2.24, 2.45) is 11.7 Å². The van der Waals surface area contributed by atoms with Gasteiger partial charge in [0.15, 0.2) is 0 Å². The van der Waals surface area contributed by atoms with Crippen LogP contribution >= 0.6 is 11.3 Å². The van der Waals surface area contributed by atoms with Gasteiger partial charge < -0.3 is 5.73 Å². The van der Waals surface area contributed by atoms with Crippen molar-refractivity contribution in [1.29, 1.82) is 0 Å². The molecular formula is C12H13N3S. The van der Waals surface area contributed by atoms with Gasteiger partial charge in [0.25, 0.3) is 0 Å². The van der Waals surface area contributed by atoms with E-state index < -0.39 is 0 Å². The van der Waals surface area contributed by atoms with Crippen LogP contribution in [0, 0.1) is 5.92 Å². The predicted octanol–water partition coefficient (Wildman–Crippen LogP) is 2.61. The van der Waals surface area contributed by atoms with Gasteiger partial charge in [0, 0.05) is 23.3 Å². The van der Waals surface area contributed by atoms with Crippen LogP contribution in [0.2, 0.25) is 0 Å². The van der Waals surface area contributed by atoms with Gasteiger partial charge in [0.2, 0.25) is 0 Å². The Hall–Kier alpha value is -1.26. The summed E-state index contributed by atoms with van der Waals surface area (Å²) in [6.45, 7) is 0. The third kappa shape index (κ3) is 1.86. The second-order valence-electron chi connectivity index (χ2n) is 4.18. The molecule has 1 atom stereocenters. The number of pyridine rings is 1. The van der Waals surface area contributed by atoms with Crippen molar-refractivity contribution in [3.8, 4) is 11.3 Å². The summed E-state index contributed by atoms with van der Waals surface area (Å²) in [5.74, 6) is 0.660. The van der Waals surface area contributed by atoms with Crippen molar-refractivity contribution >= 4 is 11.3 Å². The van der Waals surface area contributed by atoms with E-state index in [1.165, 1.54) is 12.8 Å². The minimum Gasteiger partial charge on any atom is -0.322 e. The number of hydrogen-bond acceptors (Lipinski definition) is 4. The van der Waals surface area contributed by atoms with E-state index in [4.69, 9.17) is 5.73 Å². The molecule has 0 radical (unpaired) electrons. The molecule has 82 valence electrons. The fourth-order valence-corrected chi connectivity index (χ4v) is 2.67. The molecule has 0 bridgehead atoms. The highest BCUT2D eigenvalue weighted by Gasteiger charge is 2.31. The van der Waals surface area contributed by atoms with E-state index >= 15 is 0 Å². The number of thiazole rings is 1. The van der Waals surface area contributed by atoms with Gasteiger partial charge >= 0.3 is 0 Å². The summed E-state index contributed by atoms with van der Waals surface area (Å²) in [5.41, 5.74) is 8.18. The summed E-state index contributed by atoms with van der Waals surface area (Å²) < 4.78 is 0. The molecule has 0 aliphatic heterocycles. The van der Waals surface area contributed by atoms with Crippen LogP contribution in [-0.4, -0.2) is 9.97 Å². The molecular weight excluding hydrogens is 218 g/mol. The van der Waals surface area contributed by atoms with Gasteiger partial charge in [-0.25, -0.2) is 4.98 Å². The molecule has 2 aromatic rings. The van der Waals surface area contributed by atoms with E-state index in [1.807, 2.05) is 18.3 Å². The van der Waals surface area contributed by atoms with Crippen LogP contribution in [0.5, 0.6) is 0 Å². The second-order valence-corrected chi connectivity index (χ2v) is 5.07. The molecule has 0 amide bonds. The van der Waals surface area contributed by atoms with Gasteiger partial charge in [-0.05, 0) is 30.9 Å². The molecule has 2 N–H and O–H groups in total. The van der Waals surface area contributed by atoms with Gasteiger partial charge in [-0.15, -0.1) is 11.3 Å². The van der Waals surface area contributed by atoms with Gasteiger partial charge in [-0.2, -0.15) is 0 Å². The fourth-order valence-electron chi connectivity index (χ4n) is 1.74. The van der Waals surface area contributed by atoms with E-state index in [1.54, 1.807) is 17.5 Å². The molecule has 1 aliphatic rings. The Labute approximate surface area is 98.4 Å². The first-order chi connectivity index (χ1) is 7.84. The number of nitrogens with zero attached hydrogens (tertiary/aromatic N) is 2. The third-order valence-corrected chi connectivity index (χ3v) is 3.84. The zero-order valence-corrected chi connectivity index (χ0v) is 9.65. The van der Waals surface area contributed by atoms with Gasteiger partial charge in [-0.1, -0.05) is 0 Å². The first-order valence-corrected chi connectivity index (χ1v) is 6.34. The minimum absolute atomic E-state index is 0.135. The fraction of sp³-hybridized carbons (Fsp3) is 0.333. The Morgan fingerprint density at radius 2 is 2.31 bits per heavy atom. The summed E-state index contributed by atoms with van der Waals surface area (Å²) in [7, 11) is 0. The molecule has 1 fully saturated rings. The summed E-state index contributed by atoms with van der Waals surface area (Å²) >= 11 is 1.66. The van der Waals surface area contributed by atoms with Crippen molar-refractivity contribution < 1.29 is 0 Å². The van der Waals surface area contributed by atoms with Crippen LogP contribution in [0.15, 0.2) is 29.9 Å². The first kappa shape index (κ1) is 9.93. The molecule has 1 unspecified atom stereocenters. The van der Waals surface area contributed by atoms with Crippen LogP contribution in [0.4, 0.5) is 0 Å². The number of aromatic nitrogens is 2. The lowest BCUT2D eigenvalue weighted by Gasteiger charge is -2.04. The highest BCUT2D eigenvalue weighted by molar-refractivity contribution is 7.10. The summed E-state index contributed by atoms with van der Waals surface area (Å²) in [6, 6.07) is 4.08. The Morgan fingerprint density at radius 3 is 3.00 bits per heavy atom. The lowest BCUT2D eigenvalue weighted by Crippen LogP contribution is -2.11. The third-order valence-electron chi connectivity index (χ3n) is 2.89. The minimum atomic E-state index is 0.135. The normalized spacial score (nSPS) is 17.3. The molecule has 1 aliphatic carbocycles. The quantitative estimate of drug-likeness (QED) is 0.883. The molecule has 2 aromatic heterocycles. The van der Waals surface area contributed by atoms with Crippen LogP contribution < -0.4 is 5.73 Å². The molecule has 1 saturated carbocycles. The van der Waals surface area contributed by atoms with Crippen molar-refractivity contribution in [1.82, 2.24) is 9.97 Å². The Balaban J connectivity index is 1.87. The standard InChI is InChI=1S/C12H13N3S/c13-11(8-3-4-8)12-15-10(7-16-12)9-2-1-5-14-6-9/h1-2,5-8,11H,3-4,13H2. The van der Waals surface area contributed by atoms with Crippen LogP contribution in [0.25, 0.3) is 11.3 Å². The highest BCUT2D eigenvalue weighted by atomic mass is 32.1. The zero-order chi connectivity index (χ0) is 11.0. The Kier molecular flexibility index (Phi) is 2.46. The SMILES string of the molecule is NC(c1nc(-c2cccnc2)cs1)C1CC1. The Morgan fingerprint density at radius 1 is 1.44 bits per heavy atom. The average Bonchev–Trinajstić information content (AvgIpc) is 3.07. The van der Waals surface area contributed by atoms with Gasteiger partial charge in [0.1, 0.15) is 5.01 Å². The van der Waals surface area contributed by atoms with E-state index in [0.717, 1.165) is 16.3 Å². The lowest BCUT2D eigenvalue weighted by atomic mass is 10.2. The van der Waals surface area contributed by atoms with E-state index in [2.05, 4.69) is 15.3 Å². The summed E-state index contributed by atoms with van der Waals surface area (Å²) in [4.78, 5) is 8.69. The van der Waals surface area contributed by atoms with Gasteiger partial charge in [0.05, 0.1) is 11.7 Å². The molecule has 0 spiro atoms. The predicted molar refractivity (Wildman–Crippen MR) is 65.0 cm³/mol. The van der Waals surface area contributed by atoms with Gasteiger partial charge in [-0.3, -0.25) is 4.98 Å². The molecule has 4 heteroatoms. The van der Waals surface area contributed by atoms with Crippen molar-refractivity contribution in [3.05, 3.63) is 34.9 Å². The van der Waals surface area contributed by atoms with Crippen molar-refractivity contribution in [2.75, 3.05) is 0 Å². The lowest BCUT2D eigenvalue weighted by molar-refractivity contribution is 0.629. The smallest absolute Gasteiger partial charge is 0.110 e. The molecule has 3 rings (SSSR count). The van der Waals surface area contributed by atoms with Crippen LogP contribution in [0.1, 0.15) is 23.9 Å². The monoisotopic (exact) mass is 231 g/mol. The summed E-state index contributed by atoms with van der Waals surface area (Å²) in [5, 5.41) is 3.12. The average molecular weight is 231 g/mol. The largest absolute Gasteiger partial charge is 0.322 e. The number of rotatable bonds is 3. The van der Waals surface area contributed by atoms with Crippen LogP contribution in [-0.2, 0) is 0 Å². The Bertz CT molecular complexity index is 476. The van der Waals surface area contributed by atoms with Crippen LogP contribution in [0.3, 0.4) is 0 Å². The van der Waals surface area contributed by atoms with E-state index in [-0.39, 0.29) is 6.04 Å². The number of hydrogen-bond donors (Lipinski definition) is 1. The summed E-state index contributed by atoms with van der Waals surface area (Å²) in [6.07, 6.45) is 6.11. The molecule has 0 saturated heterocycles. The van der Waals surface area contributed by atoms with E-state index in [0.29, 0.717) is 5.92 Å². The molecule has 3 nitrogen and oxygen atoms in total. The second kappa shape index (κ2) is 3.96. The maximum Gasteiger partial charge on any atom is 0.110 e. The van der Waals surface area contributed by atoms with E-state index in [9.17, 15) is 0 Å². The maximum absolute atomic E-state index is 6.12. The van der Waals surface area contributed by atoms with Crippen molar-refractivity contribution in [3.63, 3.8) is 0 Å². The highest BCUT2D eigenvalue weighted by Crippen LogP contribution is 2.40. The molecule has 16 heavy (non-hydrogen) atoms. The molecule has 2 heterocycles. The topological polar surface area (TPSA) is 51.8 Å². The molecule has 0 aromatic carbocycles. The number of nitrogens with two attached hydrogens (primary N) is 1. The zero-order valence-electron chi connectivity index (χ0n) is 8.84.